The zero-order valence-electron chi connectivity index (χ0n) is 12.6. The highest BCUT2D eigenvalue weighted by Crippen LogP contribution is 2.15. The predicted molar refractivity (Wildman–Crippen MR) is 87.2 cm³/mol. The van der Waals surface area contributed by atoms with Gasteiger partial charge in [-0.15, -0.1) is 0 Å². The third kappa shape index (κ3) is 4.02. The number of aromatic nitrogens is 3. The molecule has 0 unspecified atom stereocenters. The van der Waals surface area contributed by atoms with Crippen LogP contribution in [0.2, 0.25) is 0 Å². The summed E-state index contributed by atoms with van der Waals surface area (Å²) in [6, 6.07) is 20.2. The summed E-state index contributed by atoms with van der Waals surface area (Å²) >= 11 is 0. The number of rotatable bonds is 6. The molecule has 23 heavy (non-hydrogen) atoms. The molecule has 1 aromatic heterocycles. The van der Waals surface area contributed by atoms with Gasteiger partial charge in [-0.1, -0.05) is 42.5 Å². The number of nitrogens with zero attached hydrogens (tertiary/aromatic N) is 4. The Morgan fingerprint density at radius 1 is 1.09 bits per heavy atom. The molecule has 0 aliphatic carbocycles. The van der Waals surface area contributed by atoms with Gasteiger partial charge in [0, 0.05) is 6.54 Å². The molecular weight excluding hydrogens is 286 g/mol. The van der Waals surface area contributed by atoms with Crippen LogP contribution in [0.4, 0.5) is 0 Å². The van der Waals surface area contributed by atoms with Crippen LogP contribution in [-0.2, 0) is 13.1 Å². The van der Waals surface area contributed by atoms with Crippen molar-refractivity contribution >= 4 is 0 Å². The number of nitrogens with one attached hydrogen (secondary N) is 1. The van der Waals surface area contributed by atoms with Gasteiger partial charge < -0.3 is 5.32 Å². The molecule has 3 aromatic rings. The van der Waals surface area contributed by atoms with Gasteiger partial charge in [0.2, 0.25) is 0 Å². The second kappa shape index (κ2) is 7.34. The Kier molecular flexibility index (Phi) is 4.77. The van der Waals surface area contributed by atoms with Crippen molar-refractivity contribution in [3.63, 3.8) is 0 Å². The van der Waals surface area contributed by atoms with E-state index in [4.69, 9.17) is 5.26 Å². The lowest BCUT2D eigenvalue weighted by atomic mass is 10.1. The normalized spacial score (nSPS) is 11.8. The first-order valence-corrected chi connectivity index (χ1v) is 7.45. The van der Waals surface area contributed by atoms with Crippen LogP contribution in [0.5, 0.6) is 0 Å². The molecule has 0 saturated carbocycles. The molecule has 2 aromatic carbocycles. The largest absolute Gasteiger partial charge is 0.304 e. The van der Waals surface area contributed by atoms with E-state index in [9.17, 15) is 0 Å². The molecule has 1 heterocycles. The maximum Gasteiger partial charge on any atom is 0.137 e. The fourth-order valence-electron chi connectivity index (χ4n) is 2.43. The van der Waals surface area contributed by atoms with Gasteiger partial charge in [-0.2, -0.15) is 10.4 Å². The molecular formula is C18H17N5. The first kappa shape index (κ1) is 14.9. The topological polar surface area (TPSA) is 66.5 Å². The van der Waals surface area contributed by atoms with Gasteiger partial charge in [-0.3, -0.25) is 4.68 Å². The molecule has 0 amide bonds. The molecule has 0 aliphatic heterocycles. The fourth-order valence-corrected chi connectivity index (χ4v) is 2.43. The summed E-state index contributed by atoms with van der Waals surface area (Å²) in [5.41, 5.74) is 3.02. The first-order chi connectivity index (χ1) is 11.3. The Balaban J connectivity index is 1.71. The van der Waals surface area contributed by atoms with E-state index in [1.165, 1.54) is 5.56 Å². The predicted octanol–water partition coefficient (Wildman–Crippen LogP) is 2.68. The van der Waals surface area contributed by atoms with Crippen molar-refractivity contribution in [1.82, 2.24) is 20.1 Å². The van der Waals surface area contributed by atoms with Crippen molar-refractivity contribution in [3.05, 3.63) is 83.9 Å². The van der Waals surface area contributed by atoms with E-state index >= 15 is 0 Å². The van der Waals surface area contributed by atoms with Gasteiger partial charge in [0.15, 0.2) is 0 Å². The lowest BCUT2D eigenvalue weighted by molar-refractivity contribution is 0.436. The first-order valence-electron chi connectivity index (χ1n) is 7.45. The van der Waals surface area contributed by atoms with E-state index in [1.807, 2.05) is 47.1 Å². The molecule has 0 fully saturated rings. The highest BCUT2D eigenvalue weighted by molar-refractivity contribution is 5.31. The van der Waals surface area contributed by atoms with Gasteiger partial charge >= 0.3 is 0 Å². The Hall–Kier alpha value is -2.97. The zero-order chi connectivity index (χ0) is 15.9. The van der Waals surface area contributed by atoms with Gasteiger partial charge in [-0.05, 0) is 23.3 Å². The van der Waals surface area contributed by atoms with Crippen LogP contribution in [0, 0.1) is 11.3 Å². The van der Waals surface area contributed by atoms with Crippen molar-refractivity contribution < 1.29 is 0 Å². The van der Waals surface area contributed by atoms with E-state index in [0.29, 0.717) is 12.1 Å². The molecule has 0 spiro atoms. The van der Waals surface area contributed by atoms with Gasteiger partial charge in [0.05, 0.1) is 24.2 Å². The summed E-state index contributed by atoms with van der Waals surface area (Å²) in [7, 11) is 0. The number of nitriles is 1. The molecule has 1 atom stereocenters. The molecule has 5 nitrogen and oxygen atoms in total. The van der Waals surface area contributed by atoms with E-state index in [-0.39, 0.29) is 6.04 Å². The van der Waals surface area contributed by atoms with Crippen LogP contribution in [-0.4, -0.2) is 14.8 Å². The number of hydrogen-bond donors (Lipinski definition) is 1. The summed E-state index contributed by atoms with van der Waals surface area (Å²) in [5.74, 6) is 0. The van der Waals surface area contributed by atoms with E-state index in [2.05, 4.69) is 33.6 Å². The van der Waals surface area contributed by atoms with Crippen molar-refractivity contribution in [2.75, 3.05) is 0 Å². The van der Waals surface area contributed by atoms with Crippen LogP contribution in [0.3, 0.4) is 0 Å². The summed E-state index contributed by atoms with van der Waals surface area (Å²) in [6.45, 7) is 1.43. The average molecular weight is 303 g/mol. The molecule has 114 valence electrons. The van der Waals surface area contributed by atoms with Crippen LogP contribution in [0.1, 0.15) is 22.7 Å². The van der Waals surface area contributed by atoms with Gasteiger partial charge in [-0.25, -0.2) is 4.98 Å². The zero-order valence-corrected chi connectivity index (χ0v) is 12.6. The summed E-state index contributed by atoms with van der Waals surface area (Å²) in [4.78, 5) is 4.00. The van der Waals surface area contributed by atoms with Crippen LogP contribution in [0.25, 0.3) is 0 Å². The van der Waals surface area contributed by atoms with Gasteiger partial charge in [0.25, 0.3) is 0 Å². The van der Waals surface area contributed by atoms with Crippen molar-refractivity contribution in [3.8, 4) is 6.07 Å². The van der Waals surface area contributed by atoms with E-state index < -0.39 is 0 Å². The minimum absolute atomic E-state index is 0.133. The monoisotopic (exact) mass is 303 g/mol. The SMILES string of the molecule is N#Cc1ccc(CN[C@@H](Cn2cncn2)c2ccccc2)cc1. The third-order valence-electron chi connectivity index (χ3n) is 3.67. The lowest BCUT2D eigenvalue weighted by Crippen LogP contribution is -2.25. The molecule has 3 rings (SSSR count). The molecule has 1 N–H and O–H groups in total. The summed E-state index contributed by atoms with van der Waals surface area (Å²) in [5, 5.41) is 16.6. The molecule has 0 aliphatic rings. The van der Waals surface area contributed by atoms with Crippen LogP contribution < -0.4 is 5.32 Å². The standard InChI is InChI=1S/C18H17N5/c19-10-15-6-8-16(9-7-15)11-21-18(12-23-14-20-13-22-23)17-4-2-1-3-5-17/h1-9,13-14,18,21H,11-12H2/t18-/m0/s1. The summed E-state index contributed by atoms with van der Waals surface area (Å²) in [6.07, 6.45) is 3.27. The Morgan fingerprint density at radius 3 is 2.52 bits per heavy atom. The second-order valence-corrected chi connectivity index (χ2v) is 5.27. The van der Waals surface area contributed by atoms with Crippen LogP contribution in [0.15, 0.2) is 67.3 Å². The maximum atomic E-state index is 8.86. The Bertz CT molecular complexity index is 757. The average Bonchev–Trinajstić information content (AvgIpc) is 3.13. The number of benzene rings is 2. The number of hydrogen-bond acceptors (Lipinski definition) is 4. The molecule has 5 heteroatoms. The smallest absolute Gasteiger partial charge is 0.137 e. The van der Waals surface area contributed by atoms with E-state index in [0.717, 1.165) is 12.1 Å². The van der Waals surface area contributed by atoms with Crippen molar-refractivity contribution in [1.29, 1.82) is 5.26 Å². The fraction of sp³-hybridized carbons (Fsp3) is 0.167. The van der Waals surface area contributed by atoms with Crippen molar-refractivity contribution in [2.45, 2.75) is 19.1 Å². The van der Waals surface area contributed by atoms with Gasteiger partial charge in [0.1, 0.15) is 12.7 Å². The summed E-state index contributed by atoms with van der Waals surface area (Å²) < 4.78 is 1.82. The Labute approximate surface area is 135 Å². The van der Waals surface area contributed by atoms with Crippen molar-refractivity contribution in [2.24, 2.45) is 0 Å². The van der Waals surface area contributed by atoms with Crippen LogP contribution >= 0.6 is 0 Å². The second-order valence-electron chi connectivity index (χ2n) is 5.27. The Morgan fingerprint density at radius 2 is 1.87 bits per heavy atom. The highest BCUT2D eigenvalue weighted by atomic mass is 15.3. The minimum atomic E-state index is 0.133. The molecule has 0 bridgehead atoms. The third-order valence-corrected chi connectivity index (χ3v) is 3.67. The van der Waals surface area contributed by atoms with E-state index in [1.54, 1.807) is 12.7 Å². The maximum absolute atomic E-state index is 8.86. The lowest BCUT2D eigenvalue weighted by Gasteiger charge is -2.19. The quantitative estimate of drug-likeness (QED) is 0.760. The molecule has 0 saturated heterocycles. The highest BCUT2D eigenvalue weighted by Gasteiger charge is 2.12. The molecule has 0 radical (unpaired) electrons. The minimum Gasteiger partial charge on any atom is -0.304 e.